The van der Waals surface area contributed by atoms with Gasteiger partial charge in [-0.25, -0.2) is 0 Å². The number of halogens is 2. The lowest BCUT2D eigenvalue weighted by Crippen LogP contribution is -2.15. The van der Waals surface area contributed by atoms with E-state index in [2.05, 4.69) is 45.2 Å². The number of hydrogen-bond acceptors (Lipinski definition) is 4. The molecule has 6 heteroatoms. The van der Waals surface area contributed by atoms with Gasteiger partial charge in [0, 0.05) is 12.7 Å². The van der Waals surface area contributed by atoms with Crippen molar-refractivity contribution in [1.29, 1.82) is 0 Å². The highest BCUT2D eigenvalue weighted by Crippen LogP contribution is 2.28. The first kappa shape index (κ1) is 15.1. The van der Waals surface area contributed by atoms with Gasteiger partial charge in [0.15, 0.2) is 13.1 Å². The zero-order chi connectivity index (χ0) is 12.8. The van der Waals surface area contributed by atoms with Crippen molar-refractivity contribution in [2.24, 2.45) is 0 Å². The van der Waals surface area contributed by atoms with E-state index >= 15 is 0 Å². The van der Waals surface area contributed by atoms with Crippen LogP contribution in [0.5, 0.6) is 5.75 Å². The fraction of sp³-hybridized carbons (Fsp3) is 0.364. The molecule has 0 heterocycles. The second-order valence-corrected chi connectivity index (χ2v) is 5.49. The molecule has 1 unspecified atom stereocenters. The Kier molecular flexibility index (Phi) is 6.67. The molecule has 17 heavy (non-hydrogen) atoms. The third-order valence-corrected chi connectivity index (χ3v) is 3.60. The smallest absolute Gasteiger partial charge is 0.192 e. The minimum Gasteiger partial charge on any atom is -0.465 e. The molecule has 1 aromatic carbocycles. The molecule has 0 aliphatic carbocycles. The van der Waals surface area contributed by atoms with E-state index < -0.39 is 0 Å². The van der Waals surface area contributed by atoms with Gasteiger partial charge in [-0.2, -0.15) is 0 Å². The van der Waals surface area contributed by atoms with Gasteiger partial charge < -0.3 is 14.2 Å². The van der Waals surface area contributed by atoms with Crippen molar-refractivity contribution >= 4 is 51.5 Å². The van der Waals surface area contributed by atoms with Gasteiger partial charge in [0.2, 0.25) is 0 Å². The van der Waals surface area contributed by atoms with E-state index in [9.17, 15) is 4.79 Å². The van der Waals surface area contributed by atoms with Crippen LogP contribution in [0.4, 0.5) is 0 Å². The number of aldehydes is 1. The molecule has 0 N–H and O–H groups in total. The van der Waals surface area contributed by atoms with Gasteiger partial charge in [-0.15, -0.1) is 0 Å². The van der Waals surface area contributed by atoms with Crippen molar-refractivity contribution in [3.05, 3.63) is 24.8 Å². The quantitative estimate of drug-likeness (QED) is 0.371. The van der Waals surface area contributed by atoms with Crippen LogP contribution in [0.25, 0.3) is 0 Å². The Morgan fingerprint density at radius 3 is 2.41 bits per heavy atom. The maximum atomic E-state index is 10.7. The first-order chi connectivity index (χ1) is 8.08. The number of methoxy groups -OCH3 is 1. The lowest BCUT2D eigenvalue weighted by atomic mass is 10.2. The molecule has 0 aromatic heterocycles. The van der Waals surface area contributed by atoms with Crippen LogP contribution in [0, 0.1) is 7.14 Å². The molecule has 0 saturated heterocycles. The van der Waals surface area contributed by atoms with Gasteiger partial charge >= 0.3 is 0 Å². The molecule has 4 nitrogen and oxygen atoms in total. The number of carbonyl (C=O) groups excluding carboxylic acids is 1. The van der Waals surface area contributed by atoms with Crippen LogP contribution >= 0.6 is 45.2 Å². The van der Waals surface area contributed by atoms with Crippen molar-refractivity contribution in [2.45, 2.75) is 13.2 Å². The monoisotopic (exact) mass is 462 g/mol. The molecule has 0 aliphatic heterocycles. The van der Waals surface area contributed by atoms with Crippen molar-refractivity contribution < 1.29 is 19.0 Å². The zero-order valence-corrected chi connectivity index (χ0v) is 13.7. The predicted octanol–water partition coefficient (Wildman–Crippen LogP) is 3.05. The van der Waals surface area contributed by atoms with Crippen LogP contribution in [-0.2, 0) is 9.47 Å². The fourth-order valence-corrected chi connectivity index (χ4v) is 3.17. The summed E-state index contributed by atoms with van der Waals surface area (Å²) in [5, 5.41) is 0. The largest absolute Gasteiger partial charge is 0.465 e. The summed E-state index contributed by atoms with van der Waals surface area (Å²) in [5.74, 6) is 0.722. The number of benzene rings is 1. The summed E-state index contributed by atoms with van der Waals surface area (Å²) in [6.07, 6.45) is 0.511. The van der Waals surface area contributed by atoms with E-state index in [4.69, 9.17) is 14.2 Å². The highest BCUT2D eigenvalue weighted by Gasteiger charge is 2.09. The topological polar surface area (TPSA) is 44.8 Å². The Morgan fingerprint density at radius 1 is 1.35 bits per heavy atom. The molecule has 0 radical (unpaired) electrons. The van der Waals surface area contributed by atoms with E-state index in [0.717, 1.165) is 19.2 Å². The summed E-state index contributed by atoms with van der Waals surface area (Å²) in [6, 6.07) is 3.54. The highest BCUT2D eigenvalue weighted by molar-refractivity contribution is 14.1. The van der Waals surface area contributed by atoms with Crippen molar-refractivity contribution in [3.8, 4) is 5.75 Å². The Morgan fingerprint density at radius 2 is 1.94 bits per heavy atom. The third-order valence-electron chi connectivity index (χ3n) is 1.99. The van der Waals surface area contributed by atoms with E-state index in [-0.39, 0.29) is 13.1 Å². The molecule has 0 fully saturated rings. The van der Waals surface area contributed by atoms with Crippen molar-refractivity contribution in [1.82, 2.24) is 0 Å². The SMILES string of the molecule is COC(C)OCOc1c(I)cc(C=O)cc1I. The minimum atomic E-state index is -0.306. The zero-order valence-electron chi connectivity index (χ0n) is 9.41. The molecule has 1 atom stereocenters. The average Bonchev–Trinajstić information content (AvgIpc) is 2.31. The second-order valence-electron chi connectivity index (χ2n) is 3.16. The van der Waals surface area contributed by atoms with E-state index in [0.29, 0.717) is 5.56 Å². The van der Waals surface area contributed by atoms with Gasteiger partial charge in [-0.05, 0) is 64.2 Å². The number of hydrogen-bond donors (Lipinski definition) is 0. The van der Waals surface area contributed by atoms with Crippen LogP contribution in [0.3, 0.4) is 0 Å². The Bertz CT molecular complexity index is 372. The lowest BCUT2D eigenvalue weighted by molar-refractivity contribution is -0.149. The number of ether oxygens (including phenoxy) is 3. The van der Waals surface area contributed by atoms with Crippen LogP contribution in [0.15, 0.2) is 12.1 Å². The van der Waals surface area contributed by atoms with E-state index in [1.807, 2.05) is 0 Å². The van der Waals surface area contributed by atoms with Gasteiger partial charge in [0.25, 0.3) is 0 Å². The summed E-state index contributed by atoms with van der Waals surface area (Å²) in [6.45, 7) is 1.90. The molecule has 0 saturated carbocycles. The molecule has 1 rings (SSSR count). The van der Waals surface area contributed by atoms with Crippen LogP contribution in [-0.4, -0.2) is 26.5 Å². The summed E-state index contributed by atoms with van der Waals surface area (Å²) >= 11 is 4.25. The van der Waals surface area contributed by atoms with Gasteiger partial charge in [-0.3, -0.25) is 4.79 Å². The van der Waals surface area contributed by atoms with E-state index in [1.54, 1.807) is 26.2 Å². The van der Waals surface area contributed by atoms with Gasteiger partial charge in [0.1, 0.15) is 12.0 Å². The first-order valence-corrected chi connectivity index (χ1v) is 6.95. The van der Waals surface area contributed by atoms with Crippen LogP contribution < -0.4 is 4.74 Å². The van der Waals surface area contributed by atoms with Gasteiger partial charge in [0.05, 0.1) is 7.14 Å². The van der Waals surface area contributed by atoms with Crippen molar-refractivity contribution in [3.63, 3.8) is 0 Å². The van der Waals surface area contributed by atoms with Crippen LogP contribution in [0.2, 0.25) is 0 Å². The predicted molar refractivity (Wildman–Crippen MR) is 80.3 cm³/mol. The first-order valence-electron chi connectivity index (χ1n) is 4.80. The highest BCUT2D eigenvalue weighted by atomic mass is 127. The number of carbonyl (C=O) groups is 1. The normalized spacial score (nSPS) is 12.2. The summed E-state index contributed by atoms with van der Waals surface area (Å²) in [5.41, 5.74) is 0.636. The average molecular weight is 462 g/mol. The summed E-state index contributed by atoms with van der Waals surface area (Å²) in [4.78, 5) is 10.7. The van der Waals surface area contributed by atoms with Crippen LogP contribution in [0.1, 0.15) is 17.3 Å². The molecule has 0 aliphatic rings. The third kappa shape index (κ3) is 4.68. The Labute approximate surface area is 127 Å². The molecule has 0 spiro atoms. The standard InChI is InChI=1S/C11H12I2O4/c1-7(15-2)16-6-17-11-9(12)3-8(5-14)4-10(11)13/h3-5,7H,6H2,1-2H3. The maximum Gasteiger partial charge on any atom is 0.192 e. The molecular formula is C11H12I2O4. The summed E-state index contributed by atoms with van der Waals surface area (Å²) < 4.78 is 17.4. The lowest BCUT2D eigenvalue weighted by Gasteiger charge is -2.14. The van der Waals surface area contributed by atoms with E-state index in [1.165, 1.54) is 0 Å². The Hall–Kier alpha value is 0.0700. The minimum absolute atomic E-state index is 0.113. The summed E-state index contributed by atoms with van der Waals surface area (Å²) in [7, 11) is 1.57. The Balaban J connectivity index is 2.68. The second kappa shape index (κ2) is 7.49. The molecule has 0 bridgehead atoms. The molecule has 0 amide bonds. The molecule has 94 valence electrons. The fourth-order valence-electron chi connectivity index (χ4n) is 1.04. The van der Waals surface area contributed by atoms with Gasteiger partial charge in [-0.1, -0.05) is 0 Å². The number of rotatable bonds is 6. The maximum absolute atomic E-state index is 10.7. The molecular weight excluding hydrogens is 450 g/mol. The van der Waals surface area contributed by atoms with Crippen molar-refractivity contribution in [2.75, 3.05) is 13.9 Å². The molecule has 1 aromatic rings.